The second-order valence-electron chi connectivity index (χ2n) is 4.61. The lowest BCUT2D eigenvalue weighted by Crippen LogP contribution is -2.32. The Labute approximate surface area is 128 Å². The first kappa shape index (κ1) is 15.7. The Hall–Kier alpha value is -2.70. The molecule has 0 bridgehead atoms. The number of hydrogen-bond donors (Lipinski definition) is 2. The van der Waals surface area contributed by atoms with Crippen LogP contribution in [0.1, 0.15) is 11.5 Å². The predicted octanol–water partition coefficient (Wildman–Crippen LogP) is 2.50. The third-order valence-corrected chi connectivity index (χ3v) is 2.97. The number of nitrogens with zero attached hydrogens (tertiary/aromatic N) is 1. The van der Waals surface area contributed by atoms with Crippen molar-refractivity contribution in [3.63, 3.8) is 0 Å². The van der Waals surface area contributed by atoms with Gasteiger partial charge in [-0.3, -0.25) is 0 Å². The number of rotatable bonds is 6. The van der Waals surface area contributed by atoms with Crippen molar-refractivity contribution < 1.29 is 18.8 Å². The minimum Gasteiger partial charge on any atom is -0.497 e. The average Bonchev–Trinajstić information content (AvgIpc) is 2.83. The van der Waals surface area contributed by atoms with E-state index in [0.717, 1.165) is 5.75 Å². The van der Waals surface area contributed by atoms with Crippen molar-refractivity contribution >= 4 is 11.7 Å². The summed E-state index contributed by atoms with van der Waals surface area (Å²) in [6.07, 6.45) is 0. The molecule has 0 atom stereocenters. The van der Waals surface area contributed by atoms with E-state index in [1.807, 2.05) is 18.2 Å². The molecule has 1 aromatic heterocycles. The van der Waals surface area contributed by atoms with Crippen molar-refractivity contribution in [3.8, 4) is 11.5 Å². The maximum atomic E-state index is 11.8. The fraction of sp³-hybridized carbons (Fsp3) is 0.333. The topological polar surface area (TPSA) is 85.6 Å². The van der Waals surface area contributed by atoms with Crippen LogP contribution in [-0.4, -0.2) is 31.4 Å². The molecule has 0 fully saturated rings. The van der Waals surface area contributed by atoms with Crippen molar-refractivity contribution in [2.24, 2.45) is 0 Å². The smallest absolute Gasteiger partial charge is 0.319 e. The Kier molecular flexibility index (Phi) is 5.24. The van der Waals surface area contributed by atoms with Crippen LogP contribution in [0.15, 0.2) is 28.8 Å². The molecule has 118 valence electrons. The summed E-state index contributed by atoms with van der Waals surface area (Å²) < 4.78 is 15.6. The number of amides is 2. The Morgan fingerprint density at radius 2 is 2.09 bits per heavy atom. The minimum absolute atomic E-state index is 0.330. The van der Waals surface area contributed by atoms with Gasteiger partial charge in [0.15, 0.2) is 5.76 Å². The standard InChI is InChI=1S/C15H19N3O4/c1-10-14(11(2)22-18-10)17-15(19)16-7-8-21-13-6-4-5-12(9-13)20-3/h4-6,9H,7-8H2,1-3H3,(H2,16,17,19). The lowest BCUT2D eigenvalue weighted by Gasteiger charge is -2.09. The molecule has 1 aromatic carbocycles. The SMILES string of the molecule is COc1cccc(OCCNC(=O)Nc2c(C)noc2C)c1. The highest BCUT2D eigenvalue weighted by atomic mass is 16.5. The predicted molar refractivity (Wildman–Crippen MR) is 81.5 cm³/mol. The molecule has 7 heteroatoms. The van der Waals surface area contributed by atoms with Crippen LogP contribution >= 0.6 is 0 Å². The summed E-state index contributed by atoms with van der Waals surface area (Å²) in [6.45, 7) is 4.22. The third kappa shape index (κ3) is 4.15. The molecule has 0 spiro atoms. The van der Waals surface area contributed by atoms with E-state index >= 15 is 0 Å². The zero-order valence-corrected chi connectivity index (χ0v) is 12.8. The maximum Gasteiger partial charge on any atom is 0.319 e. The van der Waals surface area contributed by atoms with Crippen LogP contribution in [0.4, 0.5) is 10.5 Å². The molecular weight excluding hydrogens is 286 g/mol. The Balaban J connectivity index is 1.73. The number of ether oxygens (including phenoxy) is 2. The van der Waals surface area contributed by atoms with Gasteiger partial charge in [0.05, 0.1) is 13.7 Å². The number of methoxy groups -OCH3 is 1. The highest BCUT2D eigenvalue weighted by molar-refractivity contribution is 5.90. The van der Waals surface area contributed by atoms with Gasteiger partial charge in [-0.1, -0.05) is 11.2 Å². The second kappa shape index (κ2) is 7.35. The molecule has 0 unspecified atom stereocenters. The second-order valence-corrected chi connectivity index (χ2v) is 4.61. The number of anilines is 1. The molecule has 0 aliphatic carbocycles. The number of aromatic nitrogens is 1. The Morgan fingerprint density at radius 1 is 1.32 bits per heavy atom. The first-order valence-electron chi connectivity index (χ1n) is 6.84. The lowest BCUT2D eigenvalue weighted by atomic mass is 10.3. The van der Waals surface area contributed by atoms with Gasteiger partial charge < -0.3 is 24.6 Å². The molecule has 0 aliphatic heterocycles. The monoisotopic (exact) mass is 305 g/mol. The maximum absolute atomic E-state index is 11.8. The van der Waals surface area contributed by atoms with Crippen molar-refractivity contribution in [2.45, 2.75) is 13.8 Å². The van der Waals surface area contributed by atoms with E-state index in [1.165, 1.54) is 0 Å². The van der Waals surface area contributed by atoms with E-state index in [1.54, 1.807) is 27.0 Å². The summed E-state index contributed by atoms with van der Waals surface area (Å²) in [4.78, 5) is 11.8. The van der Waals surface area contributed by atoms with Crippen LogP contribution in [0, 0.1) is 13.8 Å². The van der Waals surface area contributed by atoms with Gasteiger partial charge in [-0.15, -0.1) is 0 Å². The Morgan fingerprint density at radius 3 is 2.77 bits per heavy atom. The number of nitrogens with one attached hydrogen (secondary N) is 2. The quantitative estimate of drug-likeness (QED) is 0.801. The summed E-state index contributed by atoms with van der Waals surface area (Å²) in [5.41, 5.74) is 1.23. The molecule has 0 saturated carbocycles. The molecule has 2 aromatic rings. The highest BCUT2D eigenvalue weighted by Gasteiger charge is 2.11. The number of urea groups is 1. The molecule has 2 rings (SSSR count). The molecule has 7 nitrogen and oxygen atoms in total. The van der Waals surface area contributed by atoms with Crippen molar-refractivity contribution in [1.29, 1.82) is 0 Å². The minimum atomic E-state index is -0.330. The van der Waals surface area contributed by atoms with Gasteiger partial charge in [-0.25, -0.2) is 4.79 Å². The number of carbonyl (C=O) groups is 1. The molecule has 0 aliphatic rings. The molecular formula is C15H19N3O4. The van der Waals surface area contributed by atoms with E-state index in [-0.39, 0.29) is 6.03 Å². The van der Waals surface area contributed by atoms with Crippen LogP contribution in [0.25, 0.3) is 0 Å². The zero-order valence-electron chi connectivity index (χ0n) is 12.8. The summed E-state index contributed by atoms with van der Waals surface area (Å²) in [5.74, 6) is 1.98. The van der Waals surface area contributed by atoms with Gasteiger partial charge in [0.1, 0.15) is 29.5 Å². The summed E-state index contributed by atoms with van der Waals surface area (Å²) in [5, 5.41) is 9.16. The van der Waals surface area contributed by atoms with Crippen LogP contribution in [0.2, 0.25) is 0 Å². The number of benzene rings is 1. The lowest BCUT2D eigenvalue weighted by molar-refractivity contribution is 0.247. The fourth-order valence-corrected chi connectivity index (χ4v) is 1.84. The van der Waals surface area contributed by atoms with Crippen molar-refractivity contribution in [1.82, 2.24) is 10.5 Å². The highest BCUT2D eigenvalue weighted by Crippen LogP contribution is 2.19. The number of hydrogen-bond acceptors (Lipinski definition) is 5. The van der Waals surface area contributed by atoms with E-state index in [0.29, 0.717) is 36.0 Å². The van der Waals surface area contributed by atoms with Crippen molar-refractivity contribution in [3.05, 3.63) is 35.7 Å². The van der Waals surface area contributed by atoms with E-state index in [4.69, 9.17) is 14.0 Å². The first-order chi connectivity index (χ1) is 10.6. The molecule has 22 heavy (non-hydrogen) atoms. The molecule has 1 heterocycles. The first-order valence-corrected chi connectivity index (χ1v) is 6.84. The van der Waals surface area contributed by atoms with E-state index in [2.05, 4.69) is 15.8 Å². The van der Waals surface area contributed by atoms with Gasteiger partial charge in [0.25, 0.3) is 0 Å². The van der Waals surface area contributed by atoms with Gasteiger partial charge >= 0.3 is 6.03 Å². The average molecular weight is 305 g/mol. The van der Waals surface area contributed by atoms with Gasteiger partial charge in [-0.05, 0) is 26.0 Å². The summed E-state index contributed by atoms with van der Waals surface area (Å²) >= 11 is 0. The fourth-order valence-electron chi connectivity index (χ4n) is 1.84. The van der Waals surface area contributed by atoms with Crippen molar-refractivity contribution in [2.75, 3.05) is 25.6 Å². The van der Waals surface area contributed by atoms with Crippen LogP contribution in [0.5, 0.6) is 11.5 Å². The molecule has 0 radical (unpaired) electrons. The van der Waals surface area contributed by atoms with Crippen LogP contribution in [0.3, 0.4) is 0 Å². The summed E-state index contributed by atoms with van der Waals surface area (Å²) in [7, 11) is 1.60. The van der Waals surface area contributed by atoms with E-state index < -0.39 is 0 Å². The van der Waals surface area contributed by atoms with E-state index in [9.17, 15) is 4.79 Å². The normalized spacial score (nSPS) is 10.1. The van der Waals surface area contributed by atoms with Gasteiger partial charge in [0, 0.05) is 6.07 Å². The molecule has 2 amide bonds. The summed E-state index contributed by atoms with van der Waals surface area (Å²) in [6, 6.07) is 6.95. The van der Waals surface area contributed by atoms with Crippen LogP contribution in [-0.2, 0) is 0 Å². The van der Waals surface area contributed by atoms with Gasteiger partial charge in [0.2, 0.25) is 0 Å². The Bertz CT molecular complexity index is 620. The largest absolute Gasteiger partial charge is 0.497 e. The number of carbonyl (C=O) groups excluding carboxylic acids is 1. The third-order valence-electron chi connectivity index (χ3n) is 2.97. The zero-order chi connectivity index (χ0) is 15.9. The number of aryl methyl sites for hydroxylation is 2. The molecule has 2 N–H and O–H groups in total. The van der Waals surface area contributed by atoms with Gasteiger partial charge in [-0.2, -0.15) is 0 Å². The molecule has 0 saturated heterocycles. The van der Waals surface area contributed by atoms with Crippen LogP contribution < -0.4 is 20.1 Å².